The van der Waals surface area contributed by atoms with Gasteiger partial charge in [-0.05, 0) is 39.0 Å². The second kappa shape index (κ2) is 5.70. The van der Waals surface area contributed by atoms with Gasteiger partial charge in [-0.15, -0.1) is 0 Å². The smallest absolute Gasteiger partial charge is 0.311 e. The molecule has 16 heavy (non-hydrogen) atoms. The molecule has 0 rings (SSSR count). The van der Waals surface area contributed by atoms with Crippen molar-refractivity contribution in [2.24, 2.45) is 10.8 Å². The lowest BCUT2D eigenvalue weighted by Crippen LogP contribution is -2.30. The van der Waals surface area contributed by atoms with Gasteiger partial charge in [-0.2, -0.15) is 0 Å². The lowest BCUT2D eigenvalue weighted by molar-refractivity contribution is -0.160. The van der Waals surface area contributed by atoms with Gasteiger partial charge in [0, 0.05) is 0 Å². The zero-order valence-electron chi connectivity index (χ0n) is 12.0. The average Bonchev–Trinajstić information content (AvgIpc) is 2.15. The van der Waals surface area contributed by atoms with Crippen LogP contribution in [0.2, 0.25) is 0 Å². The number of ether oxygens (including phenoxy) is 1. The Morgan fingerprint density at radius 1 is 1.12 bits per heavy atom. The Morgan fingerprint density at radius 2 is 1.62 bits per heavy atom. The van der Waals surface area contributed by atoms with Crippen molar-refractivity contribution in [1.82, 2.24) is 0 Å². The summed E-state index contributed by atoms with van der Waals surface area (Å²) in [7, 11) is 0. The molecule has 2 heteroatoms. The molecule has 0 heterocycles. The molecular weight excluding hydrogens is 200 g/mol. The zero-order chi connectivity index (χ0) is 13.0. The fraction of sp³-hybridized carbons (Fsp3) is 0.929. The highest BCUT2D eigenvalue weighted by atomic mass is 16.5. The molecular formula is C14H28O2. The standard InChI is InChI=1S/C14H28O2/c1-8-11(10-14(6,7)9-2)16-12(15)13(3,4)5/h11H,8-10H2,1-7H3. The molecule has 96 valence electrons. The van der Waals surface area contributed by atoms with E-state index < -0.39 is 5.41 Å². The Balaban J connectivity index is 4.38. The highest BCUT2D eigenvalue weighted by Gasteiger charge is 2.28. The minimum atomic E-state index is -0.399. The molecule has 0 saturated heterocycles. The van der Waals surface area contributed by atoms with Crippen LogP contribution in [0.3, 0.4) is 0 Å². The molecule has 2 nitrogen and oxygen atoms in total. The van der Waals surface area contributed by atoms with Crippen molar-refractivity contribution < 1.29 is 9.53 Å². The maximum absolute atomic E-state index is 11.8. The third-order valence-electron chi connectivity index (χ3n) is 3.08. The first-order chi connectivity index (χ1) is 7.12. The maximum Gasteiger partial charge on any atom is 0.311 e. The van der Waals surface area contributed by atoms with Crippen molar-refractivity contribution in [2.75, 3.05) is 0 Å². The quantitative estimate of drug-likeness (QED) is 0.660. The Bertz CT molecular complexity index is 223. The monoisotopic (exact) mass is 228 g/mol. The van der Waals surface area contributed by atoms with E-state index in [2.05, 4.69) is 27.7 Å². The minimum absolute atomic E-state index is 0.0571. The van der Waals surface area contributed by atoms with Gasteiger partial charge in [-0.25, -0.2) is 0 Å². The SMILES string of the molecule is CCC(CC(C)(C)CC)OC(=O)C(C)(C)C. The predicted molar refractivity (Wildman–Crippen MR) is 68.3 cm³/mol. The Labute approximate surface area is 101 Å². The fourth-order valence-corrected chi connectivity index (χ4v) is 1.36. The summed E-state index contributed by atoms with van der Waals surface area (Å²) in [6, 6.07) is 0. The van der Waals surface area contributed by atoms with Crippen LogP contribution < -0.4 is 0 Å². The summed E-state index contributed by atoms with van der Waals surface area (Å²) in [4.78, 5) is 11.8. The van der Waals surface area contributed by atoms with Crippen molar-refractivity contribution in [3.8, 4) is 0 Å². The third-order valence-corrected chi connectivity index (χ3v) is 3.08. The molecule has 0 aromatic carbocycles. The van der Waals surface area contributed by atoms with Crippen LogP contribution in [0.25, 0.3) is 0 Å². The van der Waals surface area contributed by atoms with Crippen LogP contribution in [0.15, 0.2) is 0 Å². The highest BCUT2D eigenvalue weighted by molar-refractivity contribution is 5.75. The normalized spacial score (nSPS) is 14.7. The zero-order valence-corrected chi connectivity index (χ0v) is 12.0. The summed E-state index contributed by atoms with van der Waals surface area (Å²) in [5, 5.41) is 0. The topological polar surface area (TPSA) is 26.3 Å². The van der Waals surface area contributed by atoms with Crippen molar-refractivity contribution >= 4 is 5.97 Å². The molecule has 0 aliphatic carbocycles. The van der Waals surface area contributed by atoms with Crippen molar-refractivity contribution in [3.63, 3.8) is 0 Å². The summed E-state index contributed by atoms with van der Waals surface area (Å²) in [6.45, 7) is 14.4. The van der Waals surface area contributed by atoms with Crippen molar-refractivity contribution in [3.05, 3.63) is 0 Å². The molecule has 0 aromatic rings. The lowest BCUT2D eigenvalue weighted by atomic mass is 9.83. The predicted octanol–water partition coefficient (Wildman–Crippen LogP) is 4.18. The van der Waals surface area contributed by atoms with Crippen LogP contribution in [-0.2, 0) is 9.53 Å². The molecule has 0 N–H and O–H groups in total. The molecule has 0 aliphatic heterocycles. The number of hydrogen-bond acceptors (Lipinski definition) is 2. The summed E-state index contributed by atoms with van der Waals surface area (Å²) < 4.78 is 5.56. The first-order valence-corrected chi connectivity index (χ1v) is 6.33. The third kappa shape index (κ3) is 5.53. The van der Waals surface area contributed by atoms with Gasteiger partial charge in [-0.3, -0.25) is 4.79 Å². The lowest BCUT2D eigenvalue weighted by Gasteiger charge is -2.29. The molecule has 1 unspecified atom stereocenters. The molecule has 0 fully saturated rings. The van der Waals surface area contributed by atoms with E-state index in [9.17, 15) is 4.79 Å². The van der Waals surface area contributed by atoms with Gasteiger partial charge in [-0.1, -0.05) is 34.1 Å². The van der Waals surface area contributed by atoms with E-state index >= 15 is 0 Å². The first-order valence-electron chi connectivity index (χ1n) is 6.33. The number of hydrogen-bond donors (Lipinski definition) is 0. The molecule has 0 amide bonds. The summed E-state index contributed by atoms with van der Waals surface area (Å²) in [6.07, 6.45) is 3.01. The Kier molecular flexibility index (Phi) is 5.51. The van der Waals surface area contributed by atoms with Crippen LogP contribution >= 0.6 is 0 Å². The van der Waals surface area contributed by atoms with E-state index in [0.717, 1.165) is 19.3 Å². The van der Waals surface area contributed by atoms with Crippen LogP contribution in [-0.4, -0.2) is 12.1 Å². The van der Waals surface area contributed by atoms with Gasteiger partial charge in [0.15, 0.2) is 0 Å². The molecule has 0 radical (unpaired) electrons. The van der Waals surface area contributed by atoms with Crippen LogP contribution in [0.1, 0.15) is 67.7 Å². The average molecular weight is 228 g/mol. The van der Waals surface area contributed by atoms with E-state index in [4.69, 9.17) is 4.74 Å². The van der Waals surface area contributed by atoms with Gasteiger partial charge in [0.1, 0.15) is 6.10 Å². The van der Waals surface area contributed by atoms with Gasteiger partial charge in [0.2, 0.25) is 0 Å². The van der Waals surface area contributed by atoms with Gasteiger partial charge in [0.25, 0.3) is 0 Å². The maximum atomic E-state index is 11.8. The second-order valence-corrected chi connectivity index (χ2v) is 6.41. The summed E-state index contributed by atoms with van der Waals surface area (Å²) in [5.41, 5.74) is -0.150. The van der Waals surface area contributed by atoms with Crippen LogP contribution in [0.4, 0.5) is 0 Å². The second-order valence-electron chi connectivity index (χ2n) is 6.41. The first kappa shape index (κ1) is 15.5. The number of carbonyl (C=O) groups is 1. The summed E-state index contributed by atoms with van der Waals surface area (Å²) >= 11 is 0. The molecule has 1 atom stereocenters. The molecule has 0 aliphatic rings. The largest absolute Gasteiger partial charge is 0.462 e. The molecule has 0 aromatic heterocycles. The fourth-order valence-electron chi connectivity index (χ4n) is 1.36. The van der Waals surface area contributed by atoms with E-state index in [1.165, 1.54) is 0 Å². The van der Waals surface area contributed by atoms with Gasteiger partial charge >= 0.3 is 5.97 Å². The Hall–Kier alpha value is -0.530. The van der Waals surface area contributed by atoms with Crippen LogP contribution in [0, 0.1) is 10.8 Å². The van der Waals surface area contributed by atoms with E-state index in [1.807, 2.05) is 20.8 Å². The van der Waals surface area contributed by atoms with E-state index in [0.29, 0.717) is 0 Å². The van der Waals surface area contributed by atoms with E-state index in [1.54, 1.807) is 0 Å². The number of carbonyl (C=O) groups excluding carboxylic acids is 1. The van der Waals surface area contributed by atoms with Gasteiger partial charge < -0.3 is 4.74 Å². The number of esters is 1. The van der Waals surface area contributed by atoms with Crippen molar-refractivity contribution in [1.29, 1.82) is 0 Å². The molecule has 0 spiro atoms. The number of rotatable bonds is 5. The Morgan fingerprint density at radius 3 is 1.94 bits per heavy atom. The van der Waals surface area contributed by atoms with Crippen LogP contribution in [0.5, 0.6) is 0 Å². The van der Waals surface area contributed by atoms with Gasteiger partial charge in [0.05, 0.1) is 5.41 Å². The van der Waals surface area contributed by atoms with E-state index in [-0.39, 0.29) is 17.5 Å². The minimum Gasteiger partial charge on any atom is -0.462 e. The summed E-state index contributed by atoms with van der Waals surface area (Å²) in [5.74, 6) is -0.0914. The molecule has 0 saturated carbocycles. The molecule has 0 bridgehead atoms. The van der Waals surface area contributed by atoms with Crippen molar-refractivity contribution in [2.45, 2.75) is 73.8 Å². The highest BCUT2D eigenvalue weighted by Crippen LogP contribution is 2.29.